The minimum Gasteiger partial charge on any atom is -0.460 e. The van der Waals surface area contributed by atoms with Gasteiger partial charge in [0.1, 0.15) is 13.2 Å². The van der Waals surface area contributed by atoms with Crippen LogP contribution in [0.15, 0.2) is 48.6 Å². The van der Waals surface area contributed by atoms with Crippen molar-refractivity contribution in [3.8, 4) is 0 Å². The minimum absolute atomic E-state index is 0.00699. The number of benzene rings is 1. The SMILES string of the molecule is C=C(C)C(=O)OCCN(Cc1ccc(CN(CCOC(=O)C(=C)C)C(=O)OCC)cc1)C(=O)OCC. The van der Waals surface area contributed by atoms with Crippen molar-refractivity contribution in [1.82, 2.24) is 9.80 Å². The summed E-state index contributed by atoms with van der Waals surface area (Å²) < 4.78 is 20.4. The molecule has 0 aliphatic rings. The van der Waals surface area contributed by atoms with Crippen LogP contribution in [0.25, 0.3) is 0 Å². The van der Waals surface area contributed by atoms with Gasteiger partial charge in [-0.3, -0.25) is 0 Å². The van der Waals surface area contributed by atoms with Crippen molar-refractivity contribution in [2.45, 2.75) is 40.8 Å². The molecule has 198 valence electrons. The molecule has 0 saturated heterocycles. The largest absolute Gasteiger partial charge is 0.460 e. The van der Waals surface area contributed by atoms with E-state index >= 15 is 0 Å². The summed E-state index contributed by atoms with van der Waals surface area (Å²) in [5.41, 5.74) is 2.19. The third kappa shape index (κ3) is 11.1. The summed E-state index contributed by atoms with van der Waals surface area (Å²) in [5.74, 6) is -1.05. The van der Waals surface area contributed by atoms with Crippen molar-refractivity contribution in [3.05, 3.63) is 59.7 Å². The summed E-state index contributed by atoms with van der Waals surface area (Å²) >= 11 is 0. The van der Waals surface area contributed by atoms with Gasteiger partial charge in [0.05, 0.1) is 26.3 Å². The molecule has 10 nitrogen and oxygen atoms in total. The van der Waals surface area contributed by atoms with Crippen molar-refractivity contribution >= 4 is 24.1 Å². The lowest BCUT2D eigenvalue weighted by molar-refractivity contribution is -0.140. The summed E-state index contributed by atoms with van der Waals surface area (Å²) in [5, 5.41) is 0. The van der Waals surface area contributed by atoms with E-state index in [1.54, 1.807) is 27.7 Å². The van der Waals surface area contributed by atoms with E-state index in [2.05, 4.69) is 13.2 Å². The molecule has 0 fully saturated rings. The van der Waals surface area contributed by atoms with Gasteiger partial charge in [-0.15, -0.1) is 0 Å². The van der Waals surface area contributed by atoms with Crippen molar-refractivity contribution in [2.75, 3.05) is 39.5 Å². The Balaban J connectivity index is 2.82. The van der Waals surface area contributed by atoms with Gasteiger partial charge in [-0.1, -0.05) is 37.4 Å². The van der Waals surface area contributed by atoms with Gasteiger partial charge in [-0.2, -0.15) is 0 Å². The zero-order valence-corrected chi connectivity index (χ0v) is 21.5. The van der Waals surface area contributed by atoms with E-state index in [0.717, 1.165) is 11.1 Å². The van der Waals surface area contributed by atoms with Gasteiger partial charge in [-0.05, 0) is 38.8 Å². The molecule has 0 aliphatic heterocycles. The molecule has 0 atom stereocenters. The van der Waals surface area contributed by atoms with Gasteiger partial charge < -0.3 is 28.7 Å². The molecule has 1 aromatic carbocycles. The van der Waals surface area contributed by atoms with Crippen molar-refractivity contribution in [3.63, 3.8) is 0 Å². The molecule has 36 heavy (non-hydrogen) atoms. The number of nitrogens with zero attached hydrogens (tertiary/aromatic N) is 2. The van der Waals surface area contributed by atoms with Crippen LogP contribution < -0.4 is 0 Å². The average Bonchev–Trinajstić information content (AvgIpc) is 2.83. The second-order valence-electron chi connectivity index (χ2n) is 7.89. The molecule has 0 saturated carbocycles. The molecule has 0 unspecified atom stereocenters. The Morgan fingerprint density at radius 2 is 1.00 bits per heavy atom. The average molecular weight is 505 g/mol. The van der Waals surface area contributed by atoms with Crippen LogP contribution in [0.3, 0.4) is 0 Å². The molecule has 0 spiro atoms. The molecular formula is C26H36N2O8. The Labute approximate surface area is 212 Å². The fourth-order valence-electron chi connectivity index (χ4n) is 2.83. The highest BCUT2D eigenvalue weighted by Gasteiger charge is 2.18. The molecule has 0 N–H and O–H groups in total. The maximum absolute atomic E-state index is 12.3. The molecule has 2 amide bonds. The summed E-state index contributed by atoms with van der Waals surface area (Å²) in [6.45, 7) is 14.8. The normalized spacial score (nSPS) is 10.1. The number of hydrogen-bond acceptors (Lipinski definition) is 8. The van der Waals surface area contributed by atoms with Crippen molar-refractivity contribution < 1.29 is 38.1 Å². The Kier molecular flexibility index (Phi) is 13.4. The lowest BCUT2D eigenvalue weighted by Crippen LogP contribution is -2.35. The van der Waals surface area contributed by atoms with Gasteiger partial charge in [0, 0.05) is 24.2 Å². The molecule has 1 aromatic rings. The molecule has 0 aromatic heterocycles. The van der Waals surface area contributed by atoms with Crippen LogP contribution >= 0.6 is 0 Å². The Morgan fingerprint density at radius 3 is 1.28 bits per heavy atom. The van der Waals surface area contributed by atoms with E-state index in [0.29, 0.717) is 0 Å². The zero-order valence-electron chi connectivity index (χ0n) is 21.5. The molecule has 0 heterocycles. The highest BCUT2D eigenvalue weighted by atomic mass is 16.6. The molecule has 0 bridgehead atoms. The van der Waals surface area contributed by atoms with Crippen molar-refractivity contribution in [1.29, 1.82) is 0 Å². The number of hydrogen-bond donors (Lipinski definition) is 0. The first-order valence-electron chi connectivity index (χ1n) is 11.6. The topological polar surface area (TPSA) is 112 Å². The number of amides is 2. The van der Waals surface area contributed by atoms with Gasteiger partial charge in [0.2, 0.25) is 0 Å². The first-order valence-corrected chi connectivity index (χ1v) is 11.6. The summed E-state index contributed by atoms with van der Waals surface area (Å²) in [7, 11) is 0. The minimum atomic E-state index is -0.524. The van der Waals surface area contributed by atoms with Crippen LogP contribution in [0.5, 0.6) is 0 Å². The molecular weight excluding hydrogens is 468 g/mol. The highest BCUT2D eigenvalue weighted by molar-refractivity contribution is 5.87. The number of ether oxygens (including phenoxy) is 4. The molecule has 1 rings (SSSR count). The monoisotopic (exact) mass is 504 g/mol. The lowest BCUT2D eigenvalue weighted by Gasteiger charge is -2.23. The highest BCUT2D eigenvalue weighted by Crippen LogP contribution is 2.12. The number of carbonyl (C=O) groups excluding carboxylic acids is 4. The zero-order chi connectivity index (χ0) is 27.1. The first-order chi connectivity index (χ1) is 17.1. The maximum atomic E-state index is 12.3. The van der Waals surface area contributed by atoms with Gasteiger partial charge >= 0.3 is 24.1 Å². The van der Waals surface area contributed by atoms with Crippen LogP contribution in [0.4, 0.5) is 9.59 Å². The second kappa shape index (κ2) is 16.0. The fraction of sp³-hybridized carbons (Fsp3) is 0.462. The van der Waals surface area contributed by atoms with Crippen molar-refractivity contribution in [2.24, 2.45) is 0 Å². The van der Waals surface area contributed by atoms with Gasteiger partial charge in [0.15, 0.2) is 0 Å². The molecule has 10 heteroatoms. The van der Waals surface area contributed by atoms with E-state index < -0.39 is 24.1 Å². The van der Waals surface area contributed by atoms with Crippen LogP contribution in [0.2, 0.25) is 0 Å². The van der Waals surface area contributed by atoms with E-state index in [1.165, 1.54) is 9.80 Å². The first kappa shape index (κ1) is 30.2. The third-order valence-electron chi connectivity index (χ3n) is 4.71. The van der Waals surface area contributed by atoms with E-state index in [4.69, 9.17) is 18.9 Å². The summed E-state index contributed by atoms with van der Waals surface area (Å²) in [4.78, 5) is 50.8. The summed E-state index contributed by atoms with van der Waals surface area (Å²) in [6.07, 6.45) is -1.04. The fourth-order valence-corrected chi connectivity index (χ4v) is 2.83. The second-order valence-corrected chi connectivity index (χ2v) is 7.89. The van der Waals surface area contributed by atoms with Crippen LogP contribution in [-0.4, -0.2) is 73.4 Å². The predicted molar refractivity (Wildman–Crippen MR) is 133 cm³/mol. The van der Waals surface area contributed by atoms with Gasteiger partial charge in [0.25, 0.3) is 0 Å². The van der Waals surface area contributed by atoms with E-state index in [-0.39, 0.29) is 63.8 Å². The van der Waals surface area contributed by atoms with E-state index in [1.807, 2.05) is 24.3 Å². The van der Waals surface area contributed by atoms with Crippen LogP contribution in [-0.2, 0) is 41.6 Å². The molecule has 0 aliphatic carbocycles. The number of carbonyl (C=O) groups is 4. The number of rotatable bonds is 14. The maximum Gasteiger partial charge on any atom is 0.410 e. The van der Waals surface area contributed by atoms with Crippen LogP contribution in [0, 0.1) is 0 Å². The standard InChI is InChI=1S/C26H36N2O8/c1-7-33-25(31)27(13-15-35-23(29)19(3)4)17-21-9-11-22(12-10-21)18-28(26(32)34-8-2)14-16-36-24(30)20(5)6/h9-12H,3,5,7-8,13-18H2,1-2,4,6H3. The Hall–Kier alpha value is -3.82. The predicted octanol–water partition coefficient (Wildman–Crippen LogP) is 3.84. The smallest absolute Gasteiger partial charge is 0.410 e. The van der Waals surface area contributed by atoms with E-state index in [9.17, 15) is 19.2 Å². The third-order valence-corrected chi connectivity index (χ3v) is 4.71. The Morgan fingerprint density at radius 1 is 0.667 bits per heavy atom. The Bertz CT molecular complexity index is 851. The summed E-state index contributed by atoms with van der Waals surface area (Å²) in [6, 6.07) is 7.30. The number of esters is 2. The quantitative estimate of drug-likeness (QED) is 0.213. The lowest BCUT2D eigenvalue weighted by atomic mass is 10.1. The van der Waals surface area contributed by atoms with Gasteiger partial charge in [-0.25, -0.2) is 19.2 Å². The molecule has 0 radical (unpaired) electrons. The van der Waals surface area contributed by atoms with Crippen LogP contribution in [0.1, 0.15) is 38.8 Å².